The molecule has 0 atom stereocenters. The second-order valence-electron chi connectivity index (χ2n) is 4.66. The number of anilines is 1. The van der Waals surface area contributed by atoms with Crippen molar-refractivity contribution < 1.29 is 13.2 Å². The van der Waals surface area contributed by atoms with Gasteiger partial charge in [0.25, 0.3) is 0 Å². The summed E-state index contributed by atoms with van der Waals surface area (Å²) in [6.45, 7) is 2.43. The maximum absolute atomic E-state index is 12.8. The quantitative estimate of drug-likeness (QED) is 0.625. The summed E-state index contributed by atoms with van der Waals surface area (Å²) in [6, 6.07) is 9.63. The van der Waals surface area contributed by atoms with Crippen LogP contribution >= 0.6 is 31.9 Å². The molecule has 21 heavy (non-hydrogen) atoms. The van der Waals surface area contributed by atoms with Gasteiger partial charge in [0, 0.05) is 21.2 Å². The number of aryl methyl sites for hydroxylation is 1. The highest BCUT2D eigenvalue weighted by Crippen LogP contribution is 2.33. The SMILES string of the molecule is Cc1cc(CNc2cc(Br)cc(C(F)(F)F)c2)ccc1Br. The zero-order valence-corrected chi connectivity index (χ0v) is 14.2. The van der Waals surface area contributed by atoms with E-state index in [0.717, 1.165) is 27.7 Å². The lowest BCUT2D eigenvalue weighted by Gasteiger charge is -2.12. The molecule has 0 saturated heterocycles. The van der Waals surface area contributed by atoms with E-state index in [0.29, 0.717) is 16.7 Å². The standard InChI is InChI=1S/C15H12Br2F3N/c1-9-4-10(2-3-14(9)17)8-21-13-6-11(15(18,19)20)5-12(16)7-13/h2-7,21H,8H2,1H3. The van der Waals surface area contributed by atoms with Gasteiger partial charge in [0.15, 0.2) is 0 Å². The molecular formula is C15H12Br2F3N. The summed E-state index contributed by atoms with van der Waals surface area (Å²) < 4.78 is 39.7. The Balaban J connectivity index is 2.16. The highest BCUT2D eigenvalue weighted by molar-refractivity contribution is 9.10. The number of hydrogen-bond donors (Lipinski definition) is 1. The molecule has 0 aromatic heterocycles. The Morgan fingerprint density at radius 2 is 1.76 bits per heavy atom. The average molecular weight is 423 g/mol. The molecule has 0 amide bonds. The number of rotatable bonds is 3. The Bertz CT molecular complexity index is 654. The third kappa shape index (κ3) is 4.48. The molecule has 1 nitrogen and oxygen atoms in total. The summed E-state index contributed by atoms with van der Waals surface area (Å²) in [7, 11) is 0. The molecule has 0 saturated carbocycles. The Kier molecular flexibility index (Phi) is 4.99. The molecule has 0 aliphatic carbocycles. The van der Waals surface area contributed by atoms with Crippen molar-refractivity contribution in [2.45, 2.75) is 19.6 Å². The second kappa shape index (κ2) is 6.40. The van der Waals surface area contributed by atoms with E-state index in [1.165, 1.54) is 0 Å². The highest BCUT2D eigenvalue weighted by atomic mass is 79.9. The van der Waals surface area contributed by atoms with Crippen LogP contribution in [0.5, 0.6) is 0 Å². The summed E-state index contributed by atoms with van der Waals surface area (Å²) >= 11 is 6.52. The first-order chi connectivity index (χ1) is 9.75. The predicted octanol–water partition coefficient (Wildman–Crippen LogP) is 6.15. The molecule has 0 unspecified atom stereocenters. The third-order valence-electron chi connectivity index (χ3n) is 2.94. The van der Waals surface area contributed by atoms with Gasteiger partial charge in [-0.05, 0) is 42.3 Å². The Hall–Kier alpha value is -1.01. The van der Waals surface area contributed by atoms with Crippen LogP contribution in [0.1, 0.15) is 16.7 Å². The van der Waals surface area contributed by atoms with Gasteiger partial charge >= 0.3 is 6.18 Å². The van der Waals surface area contributed by atoms with Crippen LogP contribution in [0.4, 0.5) is 18.9 Å². The molecule has 0 bridgehead atoms. The van der Waals surface area contributed by atoms with E-state index in [9.17, 15) is 13.2 Å². The van der Waals surface area contributed by atoms with Crippen molar-refractivity contribution in [2.75, 3.05) is 5.32 Å². The lowest BCUT2D eigenvalue weighted by atomic mass is 10.1. The van der Waals surface area contributed by atoms with Gasteiger partial charge in [0.1, 0.15) is 0 Å². The van der Waals surface area contributed by atoms with Gasteiger partial charge in [-0.1, -0.05) is 44.0 Å². The summed E-state index contributed by atoms with van der Waals surface area (Å²) in [6.07, 6.45) is -4.35. The van der Waals surface area contributed by atoms with Gasteiger partial charge in [0.2, 0.25) is 0 Å². The summed E-state index contributed by atoms with van der Waals surface area (Å²) in [5.41, 5.74) is 1.84. The Labute approximate surface area is 137 Å². The van der Waals surface area contributed by atoms with E-state index in [2.05, 4.69) is 37.2 Å². The molecule has 0 radical (unpaired) electrons. The van der Waals surface area contributed by atoms with Crippen molar-refractivity contribution in [3.8, 4) is 0 Å². The van der Waals surface area contributed by atoms with Crippen LogP contribution in [0.25, 0.3) is 0 Å². The maximum Gasteiger partial charge on any atom is 0.416 e. The second-order valence-corrected chi connectivity index (χ2v) is 6.43. The lowest BCUT2D eigenvalue weighted by Crippen LogP contribution is -2.07. The normalized spacial score (nSPS) is 11.5. The van der Waals surface area contributed by atoms with Crippen LogP contribution in [0.2, 0.25) is 0 Å². The number of nitrogens with one attached hydrogen (secondary N) is 1. The number of benzene rings is 2. The first kappa shape index (κ1) is 16.4. The Morgan fingerprint density at radius 1 is 1.05 bits per heavy atom. The monoisotopic (exact) mass is 421 g/mol. The summed E-state index contributed by atoms with van der Waals surface area (Å²) in [4.78, 5) is 0. The zero-order chi connectivity index (χ0) is 15.6. The minimum absolute atomic E-state index is 0.395. The molecule has 1 N–H and O–H groups in total. The molecule has 2 rings (SSSR count). The molecular weight excluding hydrogens is 411 g/mol. The average Bonchev–Trinajstić information content (AvgIpc) is 2.38. The van der Waals surface area contributed by atoms with Gasteiger partial charge < -0.3 is 5.32 Å². The third-order valence-corrected chi connectivity index (χ3v) is 4.29. The van der Waals surface area contributed by atoms with Crippen LogP contribution < -0.4 is 5.32 Å². The van der Waals surface area contributed by atoms with Gasteiger partial charge in [-0.15, -0.1) is 0 Å². The van der Waals surface area contributed by atoms with E-state index in [1.807, 2.05) is 25.1 Å². The number of hydrogen-bond acceptors (Lipinski definition) is 1. The molecule has 0 fully saturated rings. The van der Waals surface area contributed by atoms with Crippen molar-refractivity contribution in [2.24, 2.45) is 0 Å². The molecule has 0 spiro atoms. The lowest BCUT2D eigenvalue weighted by molar-refractivity contribution is -0.137. The van der Waals surface area contributed by atoms with Gasteiger partial charge in [0.05, 0.1) is 5.56 Å². The fourth-order valence-corrected chi connectivity index (χ4v) is 2.62. The van der Waals surface area contributed by atoms with Crippen molar-refractivity contribution >= 4 is 37.5 Å². The molecule has 6 heteroatoms. The van der Waals surface area contributed by atoms with Gasteiger partial charge in [-0.2, -0.15) is 13.2 Å². The first-order valence-corrected chi connectivity index (χ1v) is 7.71. The van der Waals surface area contributed by atoms with Crippen molar-refractivity contribution in [3.05, 3.63) is 62.0 Å². The van der Waals surface area contributed by atoms with Crippen molar-refractivity contribution in [1.82, 2.24) is 0 Å². The van der Waals surface area contributed by atoms with E-state index in [4.69, 9.17) is 0 Å². The molecule has 2 aromatic rings. The molecule has 112 valence electrons. The zero-order valence-electron chi connectivity index (χ0n) is 11.1. The molecule has 0 aliphatic rings. The van der Waals surface area contributed by atoms with Crippen LogP contribution in [0, 0.1) is 6.92 Å². The molecule has 0 aliphatic heterocycles. The van der Waals surface area contributed by atoms with Crippen LogP contribution in [0.3, 0.4) is 0 Å². The van der Waals surface area contributed by atoms with Gasteiger partial charge in [-0.25, -0.2) is 0 Å². The maximum atomic E-state index is 12.8. The fraction of sp³-hybridized carbons (Fsp3) is 0.200. The first-order valence-electron chi connectivity index (χ1n) is 6.12. The fourth-order valence-electron chi connectivity index (χ4n) is 1.88. The highest BCUT2D eigenvalue weighted by Gasteiger charge is 2.31. The smallest absolute Gasteiger partial charge is 0.381 e. The van der Waals surface area contributed by atoms with Gasteiger partial charge in [-0.3, -0.25) is 0 Å². The van der Waals surface area contributed by atoms with E-state index >= 15 is 0 Å². The minimum atomic E-state index is -4.35. The number of alkyl halides is 3. The van der Waals surface area contributed by atoms with E-state index < -0.39 is 11.7 Å². The molecule has 0 heterocycles. The Morgan fingerprint density at radius 3 is 2.38 bits per heavy atom. The van der Waals surface area contributed by atoms with Crippen LogP contribution in [-0.2, 0) is 12.7 Å². The summed E-state index contributed by atoms with van der Waals surface area (Å²) in [5.74, 6) is 0. The van der Waals surface area contributed by atoms with Crippen LogP contribution in [-0.4, -0.2) is 0 Å². The molecule has 2 aromatic carbocycles. The van der Waals surface area contributed by atoms with Crippen molar-refractivity contribution in [1.29, 1.82) is 0 Å². The predicted molar refractivity (Wildman–Crippen MR) is 85.3 cm³/mol. The largest absolute Gasteiger partial charge is 0.416 e. The van der Waals surface area contributed by atoms with E-state index in [-0.39, 0.29) is 0 Å². The minimum Gasteiger partial charge on any atom is -0.381 e. The number of halogens is 5. The topological polar surface area (TPSA) is 12.0 Å². The van der Waals surface area contributed by atoms with Crippen molar-refractivity contribution in [3.63, 3.8) is 0 Å². The van der Waals surface area contributed by atoms with Crippen LogP contribution in [0.15, 0.2) is 45.3 Å². The van der Waals surface area contributed by atoms with E-state index in [1.54, 1.807) is 6.07 Å². The summed E-state index contributed by atoms with van der Waals surface area (Å²) in [5, 5.41) is 3.02.